The average molecular weight is 440 g/mol. The molecule has 0 aliphatic carbocycles. The summed E-state index contributed by atoms with van der Waals surface area (Å²) in [5, 5.41) is 0.677. The summed E-state index contributed by atoms with van der Waals surface area (Å²) in [4.78, 5) is 10.0. The molecular formula is C26H34ClN3O. The zero-order valence-electron chi connectivity index (χ0n) is 18.7. The highest BCUT2D eigenvalue weighted by atomic mass is 35.5. The maximum atomic E-state index is 6.24. The van der Waals surface area contributed by atoms with Gasteiger partial charge >= 0.3 is 0 Å². The van der Waals surface area contributed by atoms with E-state index in [4.69, 9.17) is 21.3 Å². The molecule has 1 saturated heterocycles. The van der Waals surface area contributed by atoms with E-state index in [1.807, 2.05) is 30.3 Å². The minimum atomic E-state index is 0.677. The van der Waals surface area contributed by atoms with Crippen LogP contribution in [0.3, 0.4) is 0 Å². The van der Waals surface area contributed by atoms with Gasteiger partial charge < -0.3 is 9.64 Å². The van der Waals surface area contributed by atoms with E-state index < -0.39 is 0 Å². The van der Waals surface area contributed by atoms with Crippen molar-refractivity contribution in [3.63, 3.8) is 0 Å². The van der Waals surface area contributed by atoms with Crippen molar-refractivity contribution in [1.82, 2.24) is 9.80 Å². The second-order valence-electron chi connectivity index (χ2n) is 8.60. The molecule has 0 unspecified atom stereocenters. The number of para-hydroxylation sites is 1. The molecule has 2 aliphatic rings. The number of rotatable bonds is 8. The molecule has 2 aliphatic heterocycles. The number of amidine groups is 1. The Hall–Kier alpha value is -2.04. The lowest BCUT2D eigenvalue weighted by atomic mass is 10.1. The number of halogens is 1. The average Bonchev–Trinajstić information content (AvgIpc) is 2.95. The van der Waals surface area contributed by atoms with E-state index in [0.717, 1.165) is 54.8 Å². The summed E-state index contributed by atoms with van der Waals surface area (Å²) in [5.74, 6) is 2.60. The maximum absolute atomic E-state index is 6.24. The van der Waals surface area contributed by atoms with Crippen molar-refractivity contribution in [2.45, 2.75) is 51.9 Å². The van der Waals surface area contributed by atoms with Crippen LogP contribution in [0.2, 0.25) is 5.02 Å². The molecule has 0 spiro atoms. The number of piperazine rings is 1. The minimum absolute atomic E-state index is 0.677. The number of hydrogen-bond acceptors (Lipinski definition) is 4. The molecule has 4 nitrogen and oxygen atoms in total. The first-order valence-electron chi connectivity index (χ1n) is 11.9. The number of aliphatic imine (C=N–C) groups is 1. The first kappa shape index (κ1) is 22.2. The highest BCUT2D eigenvalue weighted by Crippen LogP contribution is 2.39. The van der Waals surface area contributed by atoms with Crippen LogP contribution in [0.5, 0.6) is 11.5 Å². The van der Waals surface area contributed by atoms with Crippen molar-refractivity contribution in [3.8, 4) is 11.5 Å². The van der Waals surface area contributed by atoms with Crippen LogP contribution in [0, 0.1) is 0 Å². The molecule has 5 heteroatoms. The van der Waals surface area contributed by atoms with Crippen LogP contribution >= 0.6 is 11.6 Å². The van der Waals surface area contributed by atoms with E-state index in [1.54, 1.807) is 0 Å². The van der Waals surface area contributed by atoms with Crippen molar-refractivity contribution in [1.29, 1.82) is 0 Å². The van der Waals surface area contributed by atoms with E-state index >= 15 is 0 Å². The van der Waals surface area contributed by atoms with E-state index in [0.29, 0.717) is 5.02 Å². The first-order valence-corrected chi connectivity index (χ1v) is 12.2. The second-order valence-corrected chi connectivity index (χ2v) is 9.03. The summed E-state index contributed by atoms with van der Waals surface area (Å²) < 4.78 is 6.19. The first-order chi connectivity index (χ1) is 15.2. The molecule has 166 valence electrons. The summed E-state index contributed by atoms with van der Waals surface area (Å²) in [6.07, 6.45) is 9.57. The topological polar surface area (TPSA) is 28.1 Å². The molecule has 0 bridgehead atoms. The lowest BCUT2D eigenvalue weighted by Gasteiger charge is -2.36. The van der Waals surface area contributed by atoms with Gasteiger partial charge in [0.25, 0.3) is 0 Å². The number of hydrogen-bond donors (Lipinski definition) is 0. The molecular weight excluding hydrogens is 406 g/mol. The molecule has 0 radical (unpaired) electrons. The zero-order valence-corrected chi connectivity index (χ0v) is 19.4. The van der Waals surface area contributed by atoms with Crippen molar-refractivity contribution in [3.05, 3.63) is 53.1 Å². The summed E-state index contributed by atoms with van der Waals surface area (Å²) in [6.45, 7) is 7.63. The van der Waals surface area contributed by atoms with Crippen molar-refractivity contribution in [2.24, 2.45) is 4.99 Å². The molecule has 2 heterocycles. The fourth-order valence-corrected chi connectivity index (χ4v) is 4.58. The molecule has 0 amide bonds. The van der Waals surface area contributed by atoms with Gasteiger partial charge in [-0.15, -0.1) is 0 Å². The van der Waals surface area contributed by atoms with Crippen LogP contribution < -0.4 is 4.74 Å². The van der Waals surface area contributed by atoms with Crippen LogP contribution in [0.4, 0.5) is 5.69 Å². The summed E-state index contributed by atoms with van der Waals surface area (Å²) in [6, 6.07) is 13.8. The van der Waals surface area contributed by atoms with Crippen molar-refractivity contribution < 1.29 is 4.74 Å². The summed E-state index contributed by atoms with van der Waals surface area (Å²) in [7, 11) is 0. The molecule has 2 aromatic rings. The van der Waals surface area contributed by atoms with E-state index in [-0.39, 0.29) is 0 Å². The van der Waals surface area contributed by atoms with Gasteiger partial charge in [0.1, 0.15) is 17.3 Å². The van der Waals surface area contributed by atoms with Gasteiger partial charge in [0.2, 0.25) is 0 Å². The van der Waals surface area contributed by atoms with Gasteiger partial charge in [0.15, 0.2) is 5.75 Å². The van der Waals surface area contributed by atoms with Crippen molar-refractivity contribution >= 4 is 23.1 Å². The molecule has 0 saturated carbocycles. The number of nitrogens with zero attached hydrogens (tertiary/aromatic N) is 3. The number of fused-ring (bicyclic) bond motifs is 2. The van der Waals surface area contributed by atoms with Gasteiger partial charge in [-0.25, -0.2) is 4.99 Å². The Morgan fingerprint density at radius 1 is 0.871 bits per heavy atom. The third kappa shape index (κ3) is 5.81. The monoisotopic (exact) mass is 439 g/mol. The number of unbranched alkanes of at least 4 members (excludes halogenated alkanes) is 6. The molecule has 31 heavy (non-hydrogen) atoms. The van der Waals surface area contributed by atoms with Gasteiger partial charge in [-0.05, 0) is 43.3 Å². The van der Waals surface area contributed by atoms with Gasteiger partial charge in [0, 0.05) is 31.2 Å². The highest BCUT2D eigenvalue weighted by Gasteiger charge is 2.25. The normalized spacial score (nSPS) is 16.2. The van der Waals surface area contributed by atoms with E-state index in [1.165, 1.54) is 51.5 Å². The van der Waals surface area contributed by atoms with E-state index in [2.05, 4.69) is 28.9 Å². The Morgan fingerprint density at radius 3 is 2.42 bits per heavy atom. The quantitative estimate of drug-likeness (QED) is 0.419. The number of benzene rings is 2. The molecule has 1 fully saturated rings. The Labute approximate surface area is 191 Å². The van der Waals surface area contributed by atoms with Gasteiger partial charge in [0.05, 0.1) is 5.56 Å². The Bertz CT molecular complexity index is 890. The molecule has 0 N–H and O–H groups in total. The van der Waals surface area contributed by atoms with Gasteiger partial charge in [-0.1, -0.05) is 69.2 Å². The summed E-state index contributed by atoms with van der Waals surface area (Å²) in [5.41, 5.74) is 1.85. The third-order valence-electron chi connectivity index (χ3n) is 6.24. The SMILES string of the molecule is CCCCCCCCCN1CCN(C2=Nc3cc(Cl)ccc3Oc3ccccc32)CC1. The lowest BCUT2D eigenvalue weighted by molar-refractivity contribution is 0.179. The zero-order chi connectivity index (χ0) is 21.5. The van der Waals surface area contributed by atoms with Crippen LogP contribution in [-0.2, 0) is 0 Å². The molecule has 0 aromatic heterocycles. The largest absolute Gasteiger partial charge is 0.454 e. The molecule has 2 aromatic carbocycles. The molecule has 4 rings (SSSR count). The summed E-state index contributed by atoms with van der Waals surface area (Å²) >= 11 is 6.24. The second kappa shape index (κ2) is 11.0. The van der Waals surface area contributed by atoms with Gasteiger partial charge in [-0.3, -0.25) is 4.90 Å². The Morgan fingerprint density at radius 2 is 1.61 bits per heavy atom. The highest BCUT2D eigenvalue weighted by molar-refractivity contribution is 6.31. The Balaban J connectivity index is 1.37. The fourth-order valence-electron chi connectivity index (χ4n) is 4.41. The van der Waals surface area contributed by atoms with Crippen molar-refractivity contribution in [2.75, 3.05) is 32.7 Å². The standard InChI is InChI=1S/C26H34ClN3O/c1-2-3-4-5-6-7-10-15-29-16-18-30(19-17-29)26-22-11-8-9-12-24(22)31-25-14-13-21(27)20-23(25)28-26/h8-9,11-14,20H,2-7,10,15-19H2,1H3. The van der Waals surface area contributed by atoms with Crippen LogP contribution in [0.15, 0.2) is 47.5 Å². The minimum Gasteiger partial charge on any atom is -0.454 e. The smallest absolute Gasteiger partial charge is 0.153 e. The van der Waals surface area contributed by atoms with Crippen LogP contribution in [0.1, 0.15) is 57.4 Å². The number of ether oxygens (including phenoxy) is 1. The predicted octanol–water partition coefficient (Wildman–Crippen LogP) is 6.89. The van der Waals surface area contributed by atoms with Gasteiger partial charge in [-0.2, -0.15) is 0 Å². The fraction of sp³-hybridized carbons (Fsp3) is 0.500. The van der Waals surface area contributed by atoms with Crippen LogP contribution in [-0.4, -0.2) is 48.4 Å². The maximum Gasteiger partial charge on any atom is 0.153 e. The van der Waals surface area contributed by atoms with E-state index in [9.17, 15) is 0 Å². The Kier molecular flexibility index (Phi) is 7.87. The third-order valence-corrected chi connectivity index (χ3v) is 6.48. The molecule has 0 atom stereocenters. The predicted molar refractivity (Wildman–Crippen MR) is 130 cm³/mol. The lowest BCUT2D eigenvalue weighted by Crippen LogP contribution is -2.49. The van der Waals surface area contributed by atoms with Crippen LogP contribution in [0.25, 0.3) is 0 Å².